The fourth-order valence-corrected chi connectivity index (χ4v) is 4.03. The van der Waals surface area contributed by atoms with Crippen molar-refractivity contribution in [3.05, 3.63) is 60.3 Å². The highest BCUT2D eigenvalue weighted by Crippen LogP contribution is 2.36. The smallest absolute Gasteiger partial charge is 0.475 e. The van der Waals surface area contributed by atoms with E-state index in [-0.39, 0.29) is 6.04 Å². The monoisotopic (exact) mass is 519 g/mol. The SMILES string of the molecule is CN(C)CCn1ccc(NC(=O)C(=O)N2CCCC2c2cccc3ccccc23)n1.O=C(O)C(F)(F)F. The summed E-state index contributed by atoms with van der Waals surface area (Å²) in [5.41, 5.74) is 1.10. The van der Waals surface area contributed by atoms with Crippen molar-refractivity contribution in [3.63, 3.8) is 0 Å². The quantitative estimate of drug-likeness (QED) is 0.500. The number of halogens is 3. The van der Waals surface area contributed by atoms with E-state index in [1.807, 2.05) is 32.3 Å². The Balaban J connectivity index is 0.000000479. The molecule has 1 atom stereocenters. The number of carboxylic acid groups (broad SMARTS) is 1. The van der Waals surface area contributed by atoms with Crippen molar-refractivity contribution in [1.29, 1.82) is 0 Å². The molecule has 2 amide bonds. The molecule has 0 radical (unpaired) electrons. The molecule has 1 fully saturated rings. The Labute approximate surface area is 211 Å². The van der Waals surface area contributed by atoms with Crippen LogP contribution in [-0.4, -0.2) is 75.8 Å². The predicted molar refractivity (Wildman–Crippen MR) is 131 cm³/mol. The topological polar surface area (TPSA) is 108 Å². The summed E-state index contributed by atoms with van der Waals surface area (Å²) in [4.78, 5) is 38.3. The average molecular weight is 520 g/mol. The Hall–Kier alpha value is -3.93. The lowest BCUT2D eigenvalue weighted by molar-refractivity contribution is -0.192. The Morgan fingerprint density at radius 1 is 1.11 bits per heavy atom. The number of aromatic nitrogens is 2. The highest BCUT2D eigenvalue weighted by Gasteiger charge is 2.38. The summed E-state index contributed by atoms with van der Waals surface area (Å²) in [6.07, 6.45) is -1.55. The Kier molecular flexibility index (Phi) is 8.87. The van der Waals surface area contributed by atoms with Crippen molar-refractivity contribution in [2.75, 3.05) is 32.5 Å². The first-order chi connectivity index (χ1) is 17.5. The highest BCUT2D eigenvalue weighted by molar-refractivity contribution is 6.39. The molecule has 4 rings (SSSR count). The maximum absolute atomic E-state index is 13.0. The summed E-state index contributed by atoms with van der Waals surface area (Å²) < 4.78 is 33.5. The summed E-state index contributed by atoms with van der Waals surface area (Å²) in [5.74, 6) is -3.51. The zero-order valence-electron chi connectivity index (χ0n) is 20.4. The minimum absolute atomic E-state index is 0.0907. The lowest BCUT2D eigenvalue weighted by Crippen LogP contribution is -2.39. The largest absolute Gasteiger partial charge is 0.490 e. The summed E-state index contributed by atoms with van der Waals surface area (Å²) in [6, 6.07) is 15.9. The van der Waals surface area contributed by atoms with Crippen molar-refractivity contribution in [1.82, 2.24) is 19.6 Å². The van der Waals surface area contributed by atoms with Crippen LogP contribution < -0.4 is 5.32 Å². The van der Waals surface area contributed by atoms with Crippen molar-refractivity contribution < 1.29 is 32.7 Å². The van der Waals surface area contributed by atoms with Gasteiger partial charge in [-0.25, -0.2) is 4.79 Å². The lowest BCUT2D eigenvalue weighted by Gasteiger charge is -2.25. The van der Waals surface area contributed by atoms with Gasteiger partial charge in [0.15, 0.2) is 5.82 Å². The van der Waals surface area contributed by atoms with Gasteiger partial charge < -0.3 is 20.2 Å². The third kappa shape index (κ3) is 7.29. The molecule has 1 aliphatic rings. The lowest BCUT2D eigenvalue weighted by atomic mass is 9.97. The van der Waals surface area contributed by atoms with E-state index in [0.717, 1.165) is 35.7 Å². The van der Waals surface area contributed by atoms with E-state index in [0.29, 0.717) is 18.9 Å². The van der Waals surface area contributed by atoms with E-state index < -0.39 is 24.0 Å². The van der Waals surface area contributed by atoms with E-state index in [2.05, 4.69) is 39.6 Å². The van der Waals surface area contributed by atoms with Gasteiger partial charge in [0.05, 0.1) is 12.6 Å². The molecule has 37 heavy (non-hydrogen) atoms. The number of fused-ring (bicyclic) bond motifs is 1. The number of carbonyl (C=O) groups excluding carboxylic acids is 2. The van der Waals surface area contributed by atoms with E-state index >= 15 is 0 Å². The first-order valence-electron chi connectivity index (χ1n) is 11.5. The van der Waals surface area contributed by atoms with Crippen LogP contribution in [0, 0.1) is 0 Å². The third-order valence-corrected chi connectivity index (χ3v) is 5.79. The van der Waals surface area contributed by atoms with Crippen LogP contribution in [0.15, 0.2) is 54.7 Å². The average Bonchev–Trinajstić information content (AvgIpc) is 3.51. The number of amides is 2. The van der Waals surface area contributed by atoms with Gasteiger partial charge >= 0.3 is 24.0 Å². The van der Waals surface area contributed by atoms with Crippen molar-refractivity contribution in [2.45, 2.75) is 31.6 Å². The molecule has 1 unspecified atom stereocenters. The first-order valence-corrected chi connectivity index (χ1v) is 11.5. The third-order valence-electron chi connectivity index (χ3n) is 5.79. The Bertz CT molecular complexity index is 1250. The van der Waals surface area contributed by atoms with Gasteiger partial charge in [-0.1, -0.05) is 42.5 Å². The molecule has 12 heteroatoms. The van der Waals surface area contributed by atoms with Gasteiger partial charge in [-0.05, 0) is 43.3 Å². The molecule has 0 saturated carbocycles. The van der Waals surface area contributed by atoms with Gasteiger partial charge in [0.2, 0.25) is 0 Å². The van der Waals surface area contributed by atoms with Crippen LogP contribution in [0.2, 0.25) is 0 Å². The van der Waals surface area contributed by atoms with Crippen LogP contribution in [0.25, 0.3) is 10.8 Å². The fraction of sp³-hybridized carbons (Fsp3) is 0.360. The molecule has 1 saturated heterocycles. The second-order valence-electron chi connectivity index (χ2n) is 8.75. The number of alkyl halides is 3. The number of anilines is 1. The number of hydrogen-bond acceptors (Lipinski definition) is 5. The molecule has 0 aliphatic carbocycles. The van der Waals surface area contributed by atoms with Crippen LogP contribution in [0.4, 0.5) is 19.0 Å². The van der Waals surface area contributed by atoms with Gasteiger partial charge in [-0.2, -0.15) is 18.3 Å². The molecule has 1 aromatic heterocycles. The maximum atomic E-state index is 13.0. The number of rotatable bonds is 5. The minimum atomic E-state index is -5.08. The highest BCUT2D eigenvalue weighted by atomic mass is 19.4. The van der Waals surface area contributed by atoms with E-state index in [1.165, 1.54) is 0 Å². The molecule has 9 nitrogen and oxygen atoms in total. The number of nitrogens with one attached hydrogen (secondary N) is 1. The van der Waals surface area contributed by atoms with Crippen molar-refractivity contribution >= 4 is 34.4 Å². The van der Waals surface area contributed by atoms with Gasteiger partial charge in [-0.15, -0.1) is 0 Å². The number of hydrogen-bond donors (Lipinski definition) is 2. The minimum Gasteiger partial charge on any atom is -0.475 e. The number of likely N-dealkylation sites (N-methyl/N-ethyl adjacent to an activating group) is 1. The number of likely N-dealkylation sites (tertiary alicyclic amines) is 1. The molecule has 3 aromatic rings. The number of carbonyl (C=O) groups is 3. The second-order valence-corrected chi connectivity index (χ2v) is 8.75. The van der Waals surface area contributed by atoms with E-state index in [4.69, 9.17) is 9.90 Å². The number of benzene rings is 2. The fourth-order valence-electron chi connectivity index (χ4n) is 4.03. The molecule has 0 bridgehead atoms. The van der Waals surface area contributed by atoms with Gasteiger partial charge in [-0.3, -0.25) is 14.3 Å². The molecule has 2 N–H and O–H groups in total. The molecular weight excluding hydrogens is 491 g/mol. The predicted octanol–water partition coefficient (Wildman–Crippen LogP) is 3.53. The van der Waals surface area contributed by atoms with Crippen molar-refractivity contribution in [2.24, 2.45) is 0 Å². The van der Waals surface area contributed by atoms with Crippen LogP contribution in [-0.2, 0) is 20.9 Å². The van der Waals surface area contributed by atoms with E-state index in [1.54, 1.807) is 21.8 Å². The van der Waals surface area contributed by atoms with E-state index in [9.17, 15) is 22.8 Å². The number of aliphatic carboxylic acids is 1. The van der Waals surface area contributed by atoms with Crippen LogP contribution in [0.5, 0.6) is 0 Å². The van der Waals surface area contributed by atoms with Gasteiger partial charge in [0.25, 0.3) is 0 Å². The van der Waals surface area contributed by atoms with Crippen molar-refractivity contribution in [3.8, 4) is 0 Å². The number of nitrogens with zero attached hydrogens (tertiary/aromatic N) is 4. The summed E-state index contributed by atoms with van der Waals surface area (Å²) in [6.45, 7) is 2.14. The van der Waals surface area contributed by atoms with Crippen LogP contribution in [0.3, 0.4) is 0 Å². The Morgan fingerprint density at radius 2 is 1.78 bits per heavy atom. The molecular formula is C25H28F3N5O4. The molecule has 198 valence electrons. The zero-order valence-corrected chi connectivity index (χ0v) is 20.4. The summed E-state index contributed by atoms with van der Waals surface area (Å²) >= 11 is 0. The molecule has 2 aromatic carbocycles. The van der Waals surface area contributed by atoms with Crippen LogP contribution in [0.1, 0.15) is 24.4 Å². The first kappa shape index (κ1) is 27.7. The summed E-state index contributed by atoms with van der Waals surface area (Å²) in [5, 5.41) is 16.4. The van der Waals surface area contributed by atoms with Crippen LogP contribution >= 0.6 is 0 Å². The summed E-state index contributed by atoms with van der Waals surface area (Å²) in [7, 11) is 3.99. The molecule has 0 spiro atoms. The second kappa shape index (κ2) is 11.9. The maximum Gasteiger partial charge on any atom is 0.490 e. The standard InChI is InChI=1S/C23H27N5O2.C2HF3O2/c1-26(2)15-16-27-14-12-21(25-27)24-22(29)23(30)28-13-6-11-20(28)19-10-5-8-17-7-3-4-9-18(17)19;3-2(4,5)1(6)7/h3-5,7-10,12,14,20H,6,11,13,15-16H2,1-2H3,(H,24,25,29);(H,6,7). The number of carboxylic acids is 1. The Morgan fingerprint density at radius 3 is 2.46 bits per heavy atom. The molecule has 2 heterocycles. The van der Waals surface area contributed by atoms with Gasteiger partial charge in [0, 0.05) is 25.4 Å². The normalized spacial score (nSPS) is 15.4. The van der Waals surface area contributed by atoms with Gasteiger partial charge in [0.1, 0.15) is 0 Å². The molecule has 1 aliphatic heterocycles. The zero-order chi connectivity index (χ0) is 27.2.